The van der Waals surface area contributed by atoms with Gasteiger partial charge >= 0.3 is 0 Å². The molecule has 1 unspecified atom stereocenters. The summed E-state index contributed by atoms with van der Waals surface area (Å²) < 4.78 is 13.7. The van der Waals surface area contributed by atoms with Crippen molar-refractivity contribution in [1.82, 2.24) is 15.2 Å². The molecule has 6 nitrogen and oxygen atoms in total. The zero-order chi connectivity index (χ0) is 15.2. The molecule has 0 fully saturated rings. The first kappa shape index (κ1) is 17.6. The molecule has 0 saturated heterocycles. The SMILES string of the molecule is CCC(CC)(OC)C(NN)c1c(Br)cnn1CCOC. The van der Waals surface area contributed by atoms with Crippen LogP contribution in [0.3, 0.4) is 0 Å². The number of hydrazine groups is 1. The van der Waals surface area contributed by atoms with Crippen LogP contribution in [-0.4, -0.2) is 36.2 Å². The predicted octanol–water partition coefficient (Wildman–Crippen LogP) is 2.00. The van der Waals surface area contributed by atoms with Crippen molar-refractivity contribution in [3.8, 4) is 0 Å². The first-order valence-electron chi connectivity index (χ1n) is 6.81. The molecule has 0 spiro atoms. The Balaban J connectivity index is 3.20. The number of methoxy groups -OCH3 is 2. The summed E-state index contributed by atoms with van der Waals surface area (Å²) in [5.74, 6) is 5.82. The number of ether oxygens (including phenoxy) is 2. The van der Waals surface area contributed by atoms with E-state index in [1.165, 1.54) is 0 Å². The van der Waals surface area contributed by atoms with Crippen molar-refractivity contribution < 1.29 is 9.47 Å². The molecule has 7 heteroatoms. The van der Waals surface area contributed by atoms with Crippen LogP contribution in [0.5, 0.6) is 0 Å². The highest BCUT2D eigenvalue weighted by Crippen LogP contribution is 2.37. The molecule has 0 saturated carbocycles. The summed E-state index contributed by atoms with van der Waals surface area (Å²) in [6, 6.07) is -0.156. The molecule has 3 N–H and O–H groups in total. The lowest BCUT2D eigenvalue weighted by Crippen LogP contribution is -2.48. The highest BCUT2D eigenvalue weighted by Gasteiger charge is 2.39. The van der Waals surface area contributed by atoms with Gasteiger partial charge in [-0.1, -0.05) is 13.8 Å². The summed E-state index contributed by atoms with van der Waals surface area (Å²) in [5.41, 5.74) is 3.51. The zero-order valence-corrected chi connectivity index (χ0v) is 14.2. The topological polar surface area (TPSA) is 74.3 Å². The number of rotatable bonds is 9. The van der Waals surface area contributed by atoms with Crippen molar-refractivity contribution in [2.75, 3.05) is 20.8 Å². The molecule has 116 valence electrons. The van der Waals surface area contributed by atoms with Crippen LogP contribution in [0, 0.1) is 0 Å². The lowest BCUT2D eigenvalue weighted by Gasteiger charge is -2.38. The third kappa shape index (κ3) is 3.40. The molecule has 1 heterocycles. The number of hydrogen-bond acceptors (Lipinski definition) is 5. The minimum absolute atomic E-state index is 0.156. The third-order valence-corrected chi connectivity index (χ3v) is 4.52. The molecule has 20 heavy (non-hydrogen) atoms. The number of hydrogen-bond donors (Lipinski definition) is 2. The predicted molar refractivity (Wildman–Crippen MR) is 82.2 cm³/mol. The zero-order valence-electron chi connectivity index (χ0n) is 12.6. The lowest BCUT2D eigenvalue weighted by molar-refractivity contribution is -0.0511. The van der Waals surface area contributed by atoms with Gasteiger partial charge in [-0.15, -0.1) is 0 Å². The van der Waals surface area contributed by atoms with Gasteiger partial charge in [-0.05, 0) is 28.8 Å². The molecule has 1 atom stereocenters. The van der Waals surface area contributed by atoms with Crippen molar-refractivity contribution >= 4 is 15.9 Å². The summed E-state index contributed by atoms with van der Waals surface area (Å²) in [4.78, 5) is 0. The van der Waals surface area contributed by atoms with Crippen molar-refractivity contribution in [2.45, 2.75) is 44.9 Å². The molecule has 0 amide bonds. The summed E-state index contributed by atoms with van der Waals surface area (Å²) in [7, 11) is 3.40. The van der Waals surface area contributed by atoms with E-state index in [4.69, 9.17) is 15.3 Å². The van der Waals surface area contributed by atoms with E-state index >= 15 is 0 Å². The van der Waals surface area contributed by atoms with Crippen molar-refractivity contribution in [2.24, 2.45) is 5.84 Å². The maximum atomic E-state index is 5.82. The molecule has 1 aromatic rings. The Morgan fingerprint density at radius 3 is 2.55 bits per heavy atom. The molecule has 0 aliphatic carbocycles. The lowest BCUT2D eigenvalue weighted by atomic mass is 9.86. The molecule has 0 bridgehead atoms. The van der Waals surface area contributed by atoms with Gasteiger partial charge in [0.1, 0.15) is 0 Å². The summed E-state index contributed by atoms with van der Waals surface area (Å²) in [6.07, 6.45) is 3.47. The Morgan fingerprint density at radius 2 is 2.10 bits per heavy atom. The second-order valence-electron chi connectivity index (χ2n) is 4.67. The van der Waals surface area contributed by atoms with E-state index in [0.717, 1.165) is 23.0 Å². The second kappa shape index (κ2) is 8.09. The van der Waals surface area contributed by atoms with Gasteiger partial charge in [0.05, 0.1) is 41.2 Å². The first-order valence-corrected chi connectivity index (χ1v) is 7.60. The molecule has 1 aromatic heterocycles. The van der Waals surface area contributed by atoms with Crippen LogP contribution < -0.4 is 11.3 Å². The van der Waals surface area contributed by atoms with Gasteiger partial charge in [0.15, 0.2) is 0 Å². The molecule has 0 aromatic carbocycles. The molecule has 1 rings (SSSR count). The van der Waals surface area contributed by atoms with Crippen LogP contribution >= 0.6 is 15.9 Å². The quantitative estimate of drug-likeness (QED) is 0.527. The van der Waals surface area contributed by atoms with Crippen molar-refractivity contribution in [3.63, 3.8) is 0 Å². The van der Waals surface area contributed by atoms with Crippen LogP contribution in [0.25, 0.3) is 0 Å². The smallest absolute Gasteiger partial charge is 0.0929 e. The third-order valence-electron chi connectivity index (χ3n) is 3.91. The van der Waals surface area contributed by atoms with Crippen LogP contribution in [0.4, 0.5) is 0 Å². The standard InChI is InChI=1S/C13H25BrN4O2/c1-5-13(6-2,20-4)12(17-15)11-10(14)9-16-18(11)7-8-19-3/h9,12,17H,5-8,15H2,1-4H3. The van der Waals surface area contributed by atoms with E-state index in [0.29, 0.717) is 13.2 Å². The van der Waals surface area contributed by atoms with Crippen LogP contribution in [0.1, 0.15) is 38.4 Å². The molecular formula is C13H25BrN4O2. The Bertz CT molecular complexity index is 399. The number of nitrogens with two attached hydrogens (primary N) is 1. The monoisotopic (exact) mass is 348 g/mol. The largest absolute Gasteiger partial charge is 0.383 e. The summed E-state index contributed by atoms with van der Waals surface area (Å²) >= 11 is 3.56. The average Bonchev–Trinajstić information content (AvgIpc) is 2.84. The van der Waals surface area contributed by atoms with Crippen LogP contribution in [-0.2, 0) is 16.0 Å². The Morgan fingerprint density at radius 1 is 1.45 bits per heavy atom. The Kier molecular flexibility index (Phi) is 7.11. The fraction of sp³-hybridized carbons (Fsp3) is 0.769. The van der Waals surface area contributed by atoms with Gasteiger partial charge < -0.3 is 9.47 Å². The minimum atomic E-state index is -0.373. The van der Waals surface area contributed by atoms with Gasteiger partial charge in [-0.2, -0.15) is 5.10 Å². The van der Waals surface area contributed by atoms with E-state index in [-0.39, 0.29) is 11.6 Å². The van der Waals surface area contributed by atoms with E-state index in [2.05, 4.69) is 40.3 Å². The number of nitrogens with one attached hydrogen (secondary N) is 1. The Labute approximate surface area is 129 Å². The number of nitrogens with zero attached hydrogens (tertiary/aromatic N) is 2. The van der Waals surface area contributed by atoms with E-state index in [1.807, 2.05) is 4.68 Å². The Hall–Kier alpha value is -0.470. The number of aromatic nitrogens is 2. The molecule has 0 aliphatic heterocycles. The van der Waals surface area contributed by atoms with E-state index in [9.17, 15) is 0 Å². The molecular weight excluding hydrogens is 324 g/mol. The number of halogens is 1. The molecule has 0 radical (unpaired) electrons. The van der Waals surface area contributed by atoms with Crippen LogP contribution in [0.15, 0.2) is 10.7 Å². The molecule has 0 aliphatic rings. The van der Waals surface area contributed by atoms with Crippen molar-refractivity contribution in [3.05, 3.63) is 16.4 Å². The normalized spacial score (nSPS) is 13.7. The van der Waals surface area contributed by atoms with E-state index in [1.54, 1.807) is 20.4 Å². The van der Waals surface area contributed by atoms with E-state index < -0.39 is 0 Å². The first-order chi connectivity index (χ1) is 9.60. The average molecular weight is 349 g/mol. The minimum Gasteiger partial charge on any atom is -0.383 e. The highest BCUT2D eigenvalue weighted by atomic mass is 79.9. The van der Waals surface area contributed by atoms with Crippen LogP contribution in [0.2, 0.25) is 0 Å². The fourth-order valence-electron chi connectivity index (χ4n) is 2.56. The van der Waals surface area contributed by atoms with Gasteiger partial charge in [-0.3, -0.25) is 10.5 Å². The highest BCUT2D eigenvalue weighted by molar-refractivity contribution is 9.10. The fourth-order valence-corrected chi connectivity index (χ4v) is 3.08. The van der Waals surface area contributed by atoms with Gasteiger partial charge in [0, 0.05) is 14.2 Å². The summed E-state index contributed by atoms with van der Waals surface area (Å²) in [6.45, 7) is 5.46. The van der Waals surface area contributed by atoms with Gasteiger partial charge in [0.25, 0.3) is 0 Å². The maximum absolute atomic E-state index is 5.82. The van der Waals surface area contributed by atoms with Gasteiger partial charge in [0.2, 0.25) is 0 Å². The summed E-state index contributed by atoms with van der Waals surface area (Å²) in [5, 5.41) is 4.38. The maximum Gasteiger partial charge on any atom is 0.0929 e. The van der Waals surface area contributed by atoms with Gasteiger partial charge in [-0.25, -0.2) is 5.43 Å². The second-order valence-corrected chi connectivity index (χ2v) is 5.52. The van der Waals surface area contributed by atoms with Crippen molar-refractivity contribution in [1.29, 1.82) is 0 Å².